The molecule has 3 aromatic carbocycles. The van der Waals surface area contributed by atoms with Crippen molar-refractivity contribution in [1.29, 1.82) is 0 Å². The van der Waals surface area contributed by atoms with Crippen molar-refractivity contribution in [3.8, 4) is 17.2 Å². The van der Waals surface area contributed by atoms with E-state index in [-0.39, 0.29) is 0 Å². The maximum atomic E-state index is 5.84. The molecule has 0 heterocycles. The zero-order valence-electron chi connectivity index (χ0n) is 13.2. The predicted molar refractivity (Wildman–Crippen MR) is 94.8 cm³/mol. The third-order valence-electron chi connectivity index (χ3n) is 3.38. The molecule has 0 unspecified atom stereocenters. The van der Waals surface area contributed by atoms with E-state index in [1.54, 1.807) is 18.9 Å². The average Bonchev–Trinajstić information content (AvgIpc) is 2.59. The number of hydrogen-bond acceptors (Lipinski definition) is 3. The Balaban J connectivity index is 1.65. The van der Waals surface area contributed by atoms with Gasteiger partial charge < -0.3 is 9.47 Å². The van der Waals surface area contributed by atoms with E-state index in [1.165, 1.54) is 15.4 Å². The van der Waals surface area contributed by atoms with E-state index in [2.05, 4.69) is 31.2 Å². The monoisotopic (exact) mass is 322 g/mol. The van der Waals surface area contributed by atoms with E-state index < -0.39 is 0 Å². The standard InChI is InChI=1S/C20H18O2S/c1-15-3-5-17(6-4-15)22-18-9-13-20(14-10-18)23-19-11-7-16(21-2)8-12-19/h3-14H,1-2H3. The molecule has 0 aromatic heterocycles. The largest absolute Gasteiger partial charge is 0.497 e. The van der Waals surface area contributed by atoms with Gasteiger partial charge in [0, 0.05) is 9.79 Å². The molecule has 0 atom stereocenters. The van der Waals surface area contributed by atoms with E-state index in [1.807, 2.05) is 48.5 Å². The molecule has 2 nitrogen and oxygen atoms in total. The fourth-order valence-electron chi connectivity index (χ4n) is 2.10. The van der Waals surface area contributed by atoms with Crippen LogP contribution in [0.5, 0.6) is 17.2 Å². The first-order valence-corrected chi connectivity index (χ1v) is 8.21. The van der Waals surface area contributed by atoms with Crippen molar-refractivity contribution in [2.75, 3.05) is 7.11 Å². The van der Waals surface area contributed by atoms with Gasteiger partial charge in [-0.25, -0.2) is 0 Å². The smallest absolute Gasteiger partial charge is 0.127 e. The quantitative estimate of drug-likeness (QED) is 0.578. The molecule has 0 spiro atoms. The molecule has 0 bridgehead atoms. The van der Waals surface area contributed by atoms with Crippen LogP contribution in [0.4, 0.5) is 0 Å². The van der Waals surface area contributed by atoms with Gasteiger partial charge in [0.05, 0.1) is 7.11 Å². The normalized spacial score (nSPS) is 10.3. The number of benzene rings is 3. The van der Waals surface area contributed by atoms with Gasteiger partial charge in [-0.1, -0.05) is 29.5 Å². The summed E-state index contributed by atoms with van der Waals surface area (Å²) in [5, 5.41) is 0. The lowest BCUT2D eigenvalue weighted by Gasteiger charge is -2.07. The number of hydrogen-bond donors (Lipinski definition) is 0. The van der Waals surface area contributed by atoms with Crippen LogP contribution in [0.1, 0.15) is 5.56 Å². The van der Waals surface area contributed by atoms with Crippen LogP contribution in [0.15, 0.2) is 82.6 Å². The summed E-state index contributed by atoms with van der Waals surface area (Å²) in [7, 11) is 1.68. The zero-order chi connectivity index (χ0) is 16.1. The summed E-state index contributed by atoms with van der Waals surface area (Å²) < 4.78 is 11.0. The topological polar surface area (TPSA) is 18.5 Å². The summed E-state index contributed by atoms with van der Waals surface area (Å²) in [6, 6.07) is 24.2. The Morgan fingerprint density at radius 2 is 1.04 bits per heavy atom. The first kappa shape index (κ1) is 15.5. The highest BCUT2D eigenvalue weighted by Crippen LogP contribution is 2.31. The Bertz CT molecular complexity index is 747. The Morgan fingerprint density at radius 3 is 1.52 bits per heavy atom. The second-order valence-corrected chi connectivity index (χ2v) is 6.31. The molecule has 0 saturated carbocycles. The van der Waals surface area contributed by atoms with Gasteiger partial charge in [-0.2, -0.15) is 0 Å². The van der Waals surface area contributed by atoms with Gasteiger partial charge in [0.25, 0.3) is 0 Å². The summed E-state index contributed by atoms with van der Waals surface area (Å²) in [5.74, 6) is 2.57. The molecule has 0 radical (unpaired) electrons. The van der Waals surface area contributed by atoms with Gasteiger partial charge in [0.1, 0.15) is 17.2 Å². The van der Waals surface area contributed by atoms with Gasteiger partial charge in [-0.3, -0.25) is 0 Å². The van der Waals surface area contributed by atoms with Crippen LogP contribution >= 0.6 is 11.8 Å². The van der Waals surface area contributed by atoms with E-state index >= 15 is 0 Å². The number of aryl methyl sites for hydroxylation is 1. The Hall–Kier alpha value is -2.39. The number of ether oxygens (including phenoxy) is 2. The van der Waals surface area contributed by atoms with E-state index in [0.29, 0.717) is 0 Å². The van der Waals surface area contributed by atoms with Crippen molar-refractivity contribution >= 4 is 11.8 Å². The fourth-order valence-corrected chi connectivity index (χ4v) is 2.91. The second-order valence-electron chi connectivity index (χ2n) is 5.16. The first-order chi connectivity index (χ1) is 11.2. The molecule has 0 amide bonds. The SMILES string of the molecule is COc1ccc(Sc2ccc(Oc3ccc(C)cc3)cc2)cc1. The van der Waals surface area contributed by atoms with Gasteiger partial charge in [-0.15, -0.1) is 0 Å². The molecule has 23 heavy (non-hydrogen) atoms. The molecular formula is C20H18O2S. The maximum Gasteiger partial charge on any atom is 0.127 e. The third-order valence-corrected chi connectivity index (χ3v) is 4.39. The van der Waals surface area contributed by atoms with Crippen LogP contribution in [-0.4, -0.2) is 7.11 Å². The van der Waals surface area contributed by atoms with Crippen LogP contribution in [0.3, 0.4) is 0 Å². The lowest BCUT2D eigenvalue weighted by atomic mass is 10.2. The highest BCUT2D eigenvalue weighted by molar-refractivity contribution is 7.99. The molecular weight excluding hydrogens is 304 g/mol. The van der Waals surface area contributed by atoms with Crippen molar-refractivity contribution in [2.24, 2.45) is 0 Å². The minimum Gasteiger partial charge on any atom is -0.497 e. The second kappa shape index (κ2) is 7.25. The van der Waals surface area contributed by atoms with Gasteiger partial charge in [0.2, 0.25) is 0 Å². The Kier molecular flexibility index (Phi) is 4.89. The van der Waals surface area contributed by atoms with Crippen molar-refractivity contribution in [3.05, 3.63) is 78.4 Å². The van der Waals surface area contributed by atoms with Gasteiger partial charge >= 0.3 is 0 Å². The van der Waals surface area contributed by atoms with Crippen LogP contribution < -0.4 is 9.47 Å². The molecule has 116 valence electrons. The van der Waals surface area contributed by atoms with Crippen molar-refractivity contribution in [3.63, 3.8) is 0 Å². The third kappa shape index (κ3) is 4.30. The molecule has 0 aliphatic carbocycles. The summed E-state index contributed by atoms with van der Waals surface area (Å²) in [6.45, 7) is 2.06. The Labute approximate surface area is 141 Å². The molecule has 0 fully saturated rings. The van der Waals surface area contributed by atoms with Gasteiger partial charge in [-0.05, 0) is 67.6 Å². The highest BCUT2D eigenvalue weighted by Gasteiger charge is 2.01. The van der Waals surface area contributed by atoms with E-state index in [4.69, 9.17) is 9.47 Å². The summed E-state index contributed by atoms with van der Waals surface area (Å²) in [5.41, 5.74) is 1.23. The fraction of sp³-hybridized carbons (Fsp3) is 0.100. The van der Waals surface area contributed by atoms with Crippen LogP contribution in [-0.2, 0) is 0 Å². The molecule has 3 aromatic rings. The lowest BCUT2D eigenvalue weighted by molar-refractivity contribution is 0.414. The van der Waals surface area contributed by atoms with E-state index in [0.717, 1.165) is 17.2 Å². The van der Waals surface area contributed by atoms with E-state index in [9.17, 15) is 0 Å². The zero-order valence-corrected chi connectivity index (χ0v) is 14.0. The Morgan fingerprint density at radius 1 is 0.609 bits per heavy atom. The molecule has 0 saturated heterocycles. The van der Waals surface area contributed by atoms with Crippen molar-refractivity contribution in [1.82, 2.24) is 0 Å². The molecule has 3 rings (SSSR count). The first-order valence-electron chi connectivity index (χ1n) is 7.39. The predicted octanol–water partition coefficient (Wildman–Crippen LogP) is 5.95. The summed E-state index contributed by atoms with van der Waals surface area (Å²) in [4.78, 5) is 2.35. The lowest BCUT2D eigenvalue weighted by Crippen LogP contribution is -1.84. The maximum absolute atomic E-state index is 5.84. The molecule has 0 aliphatic heterocycles. The molecule has 3 heteroatoms. The van der Waals surface area contributed by atoms with Crippen molar-refractivity contribution < 1.29 is 9.47 Å². The number of methoxy groups -OCH3 is 1. The summed E-state index contributed by atoms with van der Waals surface area (Å²) >= 11 is 1.71. The highest BCUT2D eigenvalue weighted by atomic mass is 32.2. The van der Waals surface area contributed by atoms with Crippen LogP contribution in [0.25, 0.3) is 0 Å². The minimum absolute atomic E-state index is 0.841. The van der Waals surface area contributed by atoms with Crippen LogP contribution in [0, 0.1) is 6.92 Å². The van der Waals surface area contributed by atoms with Crippen molar-refractivity contribution in [2.45, 2.75) is 16.7 Å². The number of rotatable bonds is 5. The minimum atomic E-state index is 0.841. The van der Waals surface area contributed by atoms with Crippen LogP contribution in [0.2, 0.25) is 0 Å². The van der Waals surface area contributed by atoms with Gasteiger partial charge in [0.15, 0.2) is 0 Å². The molecule has 0 aliphatic rings. The molecule has 0 N–H and O–H groups in total. The average molecular weight is 322 g/mol. The summed E-state index contributed by atoms with van der Waals surface area (Å²) in [6.07, 6.45) is 0.